The van der Waals surface area contributed by atoms with Crippen molar-refractivity contribution in [2.75, 3.05) is 0 Å². The van der Waals surface area contributed by atoms with Gasteiger partial charge in [-0.15, -0.1) is 0 Å². The van der Waals surface area contributed by atoms with Crippen molar-refractivity contribution in [1.82, 2.24) is 0 Å². The second kappa shape index (κ2) is 4.04. The smallest absolute Gasteiger partial charge is 0.126 e. The van der Waals surface area contributed by atoms with Crippen LogP contribution in [-0.2, 0) is 6.42 Å². The summed E-state index contributed by atoms with van der Waals surface area (Å²) in [6.45, 7) is 3.61. The normalized spacial score (nSPS) is 9.69. The third-order valence-corrected chi connectivity index (χ3v) is 2.12. The van der Waals surface area contributed by atoms with E-state index in [-0.39, 0.29) is 5.82 Å². The first-order chi connectivity index (χ1) is 6.15. The van der Waals surface area contributed by atoms with Crippen molar-refractivity contribution in [3.8, 4) is 6.07 Å². The minimum absolute atomic E-state index is 0.168. The Bertz CT molecular complexity index is 350. The number of hydrogen-bond donors (Lipinski definition) is 0. The third-order valence-electron chi connectivity index (χ3n) is 2.12. The number of nitriles is 1. The van der Waals surface area contributed by atoms with Crippen LogP contribution in [0.1, 0.15) is 23.1 Å². The zero-order valence-electron chi connectivity index (χ0n) is 7.89. The Hall–Kier alpha value is -1.36. The van der Waals surface area contributed by atoms with Crippen LogP contribution in [0.25, 0.3) is 0 Å². The molecule has 0 unspecified atom stereocenters. The Kier molecular flexibility index (Phi) is 3.02. The predicted molar refractivity (Wildman–Crippen MR) is 49.8 cm³/mol. The molecule has 0 radical (unpaired) electrons. The lowest BCUT2D eigenvalue weighted by molar-refractivity contribution is 0.616. The molecule has 0 amide bonds. The molecule has 0 aliphatic rings. The Labute approximate surface area is 77.8 Å². The fourth-order valence-electron chi connectivity index (χ4n) is 1.30. The summed E-state index contributed by atoms with van der Waals surface area (Å²) in [7, 11) is 0. The number of hydrogen-bond acceptors (Lipinski definition) is 1. The monoisotopic (exact) mass is 177 g/mol. The van der Waals surface area contributed by atoms with Crippen LogP contribution in [0.15, 0.2) is 12.1 Å². The summed E-state index contributed by atoms with van der Waals surface area (Å²) >= 11 is 0. The number of aryl methyl sites for hydroxylation is 3. The molecule has 0 bridgehead atoms. The molecule has 0 saturated carbocycles. The van der Waals surface area contributed by atoms with Gasteiger partial charge in [-0.05, 0) is 43.0 Å². The molecule has 0 spiro atoms. The van der Waals surface area contributed by atoms with Crippen molar-refractivity contribution >= 4 is 0 Å². The van der Waals surface area contributed by atoms with Crippen molar-refractivity contribution in [2.24, 2.45) is 0 Å². The molecule has 1 rings (SSSR count). The molecule has 0 aliphatic carbocycles. The first-order valence-corrected chi connectivity index (χ1v) is 4.27. The van der Waals surface area contributed by atoms with E-state index >= 15 is 0 Å². The summed E-state index contributed by atoms with van der Waals surface area (Å²) in [5, 5.41) is 8.42. The van der Waals surface area contributed by atoms with Gasteiger partial charge in [0.25, 0.3) is 0 Å². The molecule has 1 aromatic rings. The van der Waals surface area contributed by atoms with Gasteiger partial charge >= 0.3 is 0 Å². The van der Waals surface area contributed by atoms with E-state index in [9.17, 15) is 4.39 Å². The van der Waals surface area contributed by atoms with E-state index in [1.54, 1.807) is 6.92 Å². The van der Waals surface area contributed by atoms with Crippen LogP contribution < -0.4 is 0 Å². The van der Waals surface area contributed by atoms with Crippen molar-refractivity contribution in [3.05, 3.63) is 34.6 Å². The zero-order chi connectivity index (χ0) is 9.84. The molecule has 0 fully saturated rings. The van der Waals surface area contributed by atoms with Crippen LogP contribution in [0, 0.1) is 31.0 Å². The standard InChI is InChI=1S/C11H12FN/c1-8-7-11(12)9(2)6-10(8)4-3-5-13/h6-7H,3-4H2,1-2H3. The summed E-state index contributed by atoms with van der Waals surface area (Å²) < 4.78 is 13.0. The van der Waals surface area contributed by atoms with Gasteiger partial charge in [-0.25, -0.2) is 4.39 Å². The van der Waals surface area contributed by atoms with Crippen molar-refractivity contribution in [3.63, 3.8) is 0 Å². The van der Waals surface area contributed by atoms with E-state index in [1.807, 2.05) is 13.0 Å². The van der Waals surface area contributed by atoms with Crippen LogP contribution in [0.5, 0.6) is 0 Å². The van der Waals surface area contributed by atoms with E-state index in [2.05, 4.69) is 6.07 Å². The van der Waals surface area contributed by atoms with Gasteiger partial charge in [0, 0.05) is 6.42 Å². The lowest BCUT2D eigenvalue weighted by atomic mass is 10.0. The Balaban J connectivity index is 2.96. The first-order valence-electron chi connectivity index (χ1n) is 4.27. The molecular formula is C11H12FN. The Morgan fingerprint density at radius 1 is 1.31 bits per heavy atom. The molecule has 0 heterocycles. The molecule has 0 aromatic heterocycles. The highest BCUT2D eigenvalue weighted by Crippen LogP contribution is 2.15. The highest BCUT2D eigenvalue weighted by atomic mass is 19.1. The Morgan fingerprint density at radius 2 is 2.00 bits per heavy atom. The minimum Gasteiger partial charge on any atom is -0.207 e. The lowest BCUT2D eigenvalue weighted by Gasteiger charge is -2.05. The number of rotatable bonds is 2. The van der Waals surface area contributed by atoms with Gasteiger partial charge in [0.05, 0.1) is 6.07 Å². The van der Waals surface area contributed by atoms with Crippen molar-refractivity contribution < 1.29 is 4.39 Å². The second-order valence-electron chi connectivity index (χ2n) is 3.19. The van der Waals surface area contributed by atoms with E-state index in [0.29, 0.717) is 18.4 Å². The van der Waals surface area contributed by atoms with Gasteiger partial charge in [-0.2, -0.15) is 5.26 Å². The largest absolute Gasteiger partial charge is 0.207 e. The van der Waals surface area contributed by atoms with Gasteiger partial charge in [0.2, 0.25) is 0 Å². The van der Waals surface area contributed by atoms with Crippen molar-refractivity contribution in [2.45, 2.75) is 26.7 Å². The van der Waals surface area contributed by atoms with Gasteiger partial charge in [-0.3, -0.25) is 0 Å². The molecule has 2 heteroatoms. The molecular weight excluding hydrogens is 165 g/mol. The topological polar surface area (TPSA) is 23.8 Å². The highest BCUT2D eigenvalue weighted by molar-refractivity contribution is 5.32. The summed E-state index contributed by atoms with van der Waals surface area (Å²) in [6, 6.07) is 5.43. The molecule has 0 N–H and O–H groups in total. The molecule has 0 saturated heterocycles. The molecule has 1 aromatic carbocycles. The maximum atomic E-state index is 13.0. The predicted octanol–water partition coefficient (Wildman–Crippen LogP) is 2.90. The number of benzene rings is 1. The fraction of sp³-hybridized carbons (Fsp3) is 0.364. The fourth-order valence-corrected chi connectivity index (χ4v) is 1.30. The van der Waals surface area contributed by atoms with Crippen LogP contribution >= 0.6 is 0 Å². The average Bonchev–Trinajstić information content (AvgIpc) is 2.09. The summed E-state index contributed by atoms with van der Waals surface area (Å²) in [5.74, 6) is -0.168. The van der Waals surface area contributed by atoms with Crippen LogP contribution in [0.3, 0.4) is 0 Å². The highest BCUT2D eigenvalue weighted by Gasteiger charge is 2.03. The average molecular weight is 177 g/mol. The van der Waals surface area contributed by atoms with Gasteiger partial charge in [0.1, 0.15) is 5.82 Å². The minimum atomic E-state index is -0.168. The molecule has 0 aliphatic heterocycles. The number of halogens is 1. The van der Waals surface area contributed by atoms with Gasteiger partial charge in [0.15, 0.2) is 0 Å². The number of nitrogens with zero attached hydrogens (tertiary/aromatic N) is 1. The summed E-state index contributed by atoms with van der Waals surface area (Å²) in [4.78, 5) is 0. The zero-order valence-corrected chi connectivity index (χ0v) is 7.89. The molecule has 1 nitrogen and oxygen atoms in total. The van der Waals surface area contributed by atoms with Crippen LogP contribution in [0.4, 0.5) is 4.39 Å². The van der Waals surface area contributed by atoms with Gasteiger partial charge < -0.3 is 0 Å². The van der Waals surface area contributed by atoms with Crippen LogP contribution in [-0.4, -0.2) is 0 Å². The lowest BCUT2D eigenvalue weighted by Crippen LogP contribution is -1.93. The summed E-state index contributed by atoms with van der Waals surface area (Å²) in [6.07, 6.45) is 1.20. The second-order valence-corrected chi connectivity index (χ2v) is 3.19. The van der Waals surface area contributed by atoms with Crippen molar-refractivity contribution in [1.29, 1.82) is 5.26 Å². The van der Waals surface area contributed by atoms with Gasteiger partial charge in [-0.1, -0.05) is 6.07 Å². The maximum Gasteiger partial charge on any atom is 0.126 e. The molecule has 13 heavy (non-hydrogen) atoms. The van der Waals surface area contributed by atoms with E-state index in [0.717, 1.165) is 11.1 Å². The molecule has 0 atom stereocenters. The third kappa shape index (κ3) is 2.29. The van der Waals surface area contributed by atoms with E-state index in [4.69, 9.17) is 5.26 Å². The first kappa shape index (κ1) is 9.73. The quantitative estimate of drug-likeness (QED) is 0.681. The molecule has 68 valence electrons. The van der Waals surface area contributed by atoms with Crippen LogP contribution in [0.2, 0.25) is 0 Å². The SMILES string of the molecule is Cc1cc(CCC#N)c(C)cc1F. The van der Waals surface area contributed by atoms with E-state index in [1.165, 1.54) is 6.07 Å². The maximum absolute atomic E-state index is 13.0. The Morgan fingerprint density at radius 3 is 2.62 bits per heavy atom. The van der Waals surface area contributed by atoms with E-state index < -0.39 is 0 Å². The summed E-state index contributed by atoms with van der Waals surface area (Å²) in [5.41, 5.74) is 2.65.